The van der Waals surface area contributed by atoms with Gasteiger partial charge in [0.1, 0.15) is 12.3 Å². The standard InChI is InChI=1S/C14H11BrF5N3O2/c1-7-11(15)12(14(18,19)20)22-23(7)6-10(24)21-8-4-2-3-5-9(8)25-13(16)17/h2-5,13H,6H2,1H3,(H,21,24). The summed E-state index contributed by atoms with van der Waals surface area (Å²) in [4.78, 5) is 12.0. The monoisotopic (exact) mass is 427 g/mol. The molecule has 1 aromatic heterocycles. The normalized spacial score (nSPS) is 11.7. The lowest BCUT2D eigenvalue weighted by Gasteiger charge is -2.12. The minimum Gasteiger partial charge on any atom is -0.433 e. The summed E-state index contributed by atoms with van der Waals surface area (Å²) in [7, 11) is 0. The molecule has 0 atom stereocenters. The Balaban J connectivity index is 2.17. The van der Waals surface area contributed by atoms with Crippen molar-refractivity contribution in [2.45, 2.75) is 26.3 Å². The van der Waals surface area contributed by atoms with Gasteiger partial charge in [0.25, 0.3) is 0 Å². The molecule has 0 unspecified atom stereocenters. The molecule has 1 aromatic carbocycles. The van der Waals surface area contributed by atoms with E-state index in [1.165, 1.54) is 31.2 Å². The van der Waals surface area contributed by atoms with E-state index < -0.39 is 30.9 Å². The predicted molar refractivity (Wildman–Crippen MR) is 81.4 cm³/mol. The zero-order valence-electron chi connectivity index (χ0n) is 12.6. The maximum Gasteiger partial charge on any atom is 0.436 e. The van der Waals surface area contributed by atoms with Crippen LogP contribution in [0, 0.1) is 6.92 Å². The first-order chi connectivity index (χ1) is 11.6. The van der Waals surface area contributed by atoms with Gasteiger partial charge in [0.15, 0.2) is 5.69 Å². The third-order valence-electron chi connectivity index (χ3n) is 3.07. The summed E-state index contributed by atoms with van der Waals surface area (Å²) >= 11 is 2.79. The average Bonchev–Trinajstić information content (AvgIpc) is 2.77. The number of carbonyl (C=O) groups excluding carboxylic acids is 1. The van der Waals surface area contributed by atoms with E-state index in [0.29, 0.717) is 0 Å². The molecular weight excluding hydrogens is 417 g/mol. The van der Waals surface area contributed by atoms with Gasteiger partial charge in [0.2, 0.25) is 5.91 Å². The molecule has 0 fully saturated rings. The summed E-state index contributed by atoms with van der Waals surface area (Å²) < 4.78 is 67.9. The first kappa shape index (κ1) is 19.2. The van der Waals surface area contributed by atoms with Crippen molar-refractivity contribution >= 4 is 27.5 Å². The molecule has 5 nitrogen and oxygen atoms in total. The summed E-state index contributed by atoms with van der Waals surface area (Å²) in [5.41, 5.74) is -1.09. The number of rotatable bonds is 5. The Morgan fingerprint density at radius 2 is 2.00 bits per heavy atom. The quantitative estimate of drug-likeness (QED) is 0.727. The fraction of sp³-hybridized carbons (Fsp3) is 0.286. The topological polar surface area (TPSA) is 56.2 Å². The van der Waals surface area contributed by atoms with Gasteiger partial charge in [-0.2, -0.15) is 27.1 Å². The summed E-state index contributed by atoms with van der Waals surface area (Å²) in [5, 5.41) is 5.67. The number of ether oxygens (including phenoxy) is 1. The maximum atomic E-state index is 12.8. The molecule has 25 heavy (non-hydrogen) atoms. The largest absolute Gasteiger partial charge is 0.436 e. The number of anilines is 1. The van der Waals surface area contributed by atoms with Gasteiger partial charge < -0.3 is 10.1 Å². The van der Waals surface area contributed by atoms with Crippen molar-refractivity contribution in [3.05, 3.63) is 40.1 Å². The minimum absolute atomic E-state index is 0.0345. The maximum absolute atomic E-state index is 12.8. The number of nitrogens with one attached hydrogen (secondary N) is 1. The van der Waals surface area contributed by atoms with Crippen molar-refractivity contribution in [3.63, 3.8) is 0 Å². The van der Waals surface area contributed by atoms with Gasteiger partial charge in [-0.05, 0) is 35.0 Å². The summed E-state index contributed by atoms with van der Waals surface area (Å²) in [5.74, 6) is -1.02. The summed E-state index contributed by atoms with van der Waals surface area (Å²) in [6.07, 6.45) is -4.68. The second kappa shape index (κ2) is 7.38. The number of alkyl halides is 5. The van der Waals surface area contributed by atoms with Crippen molar-refractivity contribution < 1.29 is 31.5 Å². The summed E-state index contributed by atoms with van der Waals surface area (Å²) in [6.45, 7) is -2.27. The van der Waals surface area contributed by atoms with E-state index >= 15 is 0 Å². The van der Waals surface area contributed by atoms with Gasteiger partial charge in [-0.1, -0.05) is 12.1 Å². The minimum atomic E-state index is -4.68. The zero-order chi connectivity index (χ0) is 18.8. The van der Waals surface area contributed by atoms with Crippen LogP contribution in [0.25, 0.3) is 0 Å². The third kappa shape index (κ3) is 4.68. The van der Waals surface area contributed by atoms with Crippen molar-refractivity contribution in [2.24, 2.45) is 0 Å². The second-order valence-corrected chi connectivity index (χ2v) is 5.62. The highest BCUT2D eigenvalue weighted by atomic mass is 79.9. The van der Waals surface area contributed by atoms with Crippen LogP contribution in [0.3, 0.4) is 0 Å². The van der Waals surface area contributed by atoms with Crippen LogP contribution in [0.2, 0.25) is 0 Å². The van der Waals surface area contributed by atoms with Crippen LogP contribution < -0.4 is 10.1 Å². The molecule has 0 saturated heterocycles. The summed E-state index contributed by atoms with van der Waals surface area (Å²) in [6, 6.07) is 5.45. The van der Waals surface area contributed by atoms with Gasteiger partial charge in [0, 0.05) is 0 Å². The molecule has 0 bridgehead atoms. The number of carbonyl (C=O) groups is 1. The van der Waals surface area contributed by atoms with Crippen molar-refractivity contribution in [3.8, 4) is 5.75 Å². The lowest BCUT2D eigenvalue weighted by molar-refractivity contribution is -0.142. The number of para-hydroxylation sites is 2. The fourth-order valence-corrected chi connectivity index (χ4v) is 2.46. The zero-order valence-corrected chi connectivity index (χ0v) is 14.2. The number of hydrogen-bond donors (Lipinski definition) is 1. The number of benzene rings is 1. The van der Waals surface area contributed by atoms with Crippen LogP contribution in [0.4, 0.5) is 27.6 Å². The number of nitrogens with zero attached hydrogens (tertiary/aromatic N) is 2. The molecule has 0 aliphatic rings. The van der Waals surface area contributed by atoms with E-state index in [4.69, 9.17) is 0 Å². The highest BCUT2D eigenvalue weighted by molar-refractivity contribution is 9.10. The Morgan fingerprint density at radius 3 is 2.56 bits per heavy atom. The van der Waals surface area contributed by atoms with Crippen LogP contribution in [-0.4, -0.2) is 22.3 Å². The van der Waals surface area contributed by atoms with E-state index in [1.54, 1.807) is 0 Å². The number of hydrogen-bond acceptors (Lipinski definition) is 3. The molecule has 0 saturated carbocycles. The molecule has 1 N–H and O–H groups in total. The van der Waals surface area contributed by atoms with Crippen LogP contribution >= 0.6 is 15.9 Å². The number of aromatic nitrogens is 2. The Labute approximate surface area is 146 Å². The van der Waals surface area contributed by atoms with Crippen LogP contribution in [0.1, 0.15) is 11.4 Å². The highest BCUT2D eigenvalue weighted by Crippen LogP contribution is 2.35. The van der Waals surface area contributed by atoms with Crippen molar-refractivity contribution in [1.29, 1.82) is 0 Å². The van der Waals surface area contributed by atoms with Gasteiger partial charge in [-0.25, -0.2) is 0 Å². The van der Waals surface area contributed by atoms with E-state index in [-0.39, 0.29) is 21.6 Å². The lowest BCUT2D eigenvalue weighted by atomic mass is 10.3. The van der Waals surface area contributed by atoms with Crippen LogP contribution in [0.15, 0.2) is 28.7 Å². The Kier molecular flexibility index (Phi) is 5.65. The Bertz CT molecular complexity index is 776. The molecule has 136 valence electrons. The first-order valence-electron chi connectivity index (χ1n) is 6.73. The molecule has 2 rings (SSSR count). The van der Waals surface area contributed by atoms with Gasteiger partial charge >= 0.3 is 12.8 Å². The average molecular weight is 428 g/mol. The molecular formula is C14H11BrF5N3O2. The third-order valence-corrected chi connectivity index (χ3v) is 4.02. The van der Waals surface area contributed by atoms with E-state index in [1.807, 2.05) is 0 Å². The van der Waals surface area contributed by atoms with Crippen molar-refractivity contribution in [2.75, 3.05) is 5.32 Å². The number of amides is 1. The fourth-order valence-electron chi connectivity index (χ4n) is 1.95. The van der Waals surface area contributed by atoms with Gasteiger partial charge in [-0.3, -0.25) is 9.48 Å². The Hall–Kier alpha value is -2.17. The molecule has 0 aliphatic carbocycles. The van der Waals surface area contributed by atoms with Gasteiger partial charge in [0.05, 0.1) is 15.9 Å². The smallest absolute Gasteiger partial charge is 0.433 e. The molecule has 0 spiro atoms. The molecule has 11 heteroatoms. The molecule has 1 heterocycles. The molecule has 0 aliphatic heterocycles. The van der Waals surface area contributed by atoms with E-state index in [0.717, 1.165) is 4.68 Å². The molecule has 0 radical (unpaired) electrons. The number of halogens is 6. The molecule has 2 aromatic rings. The van der Waals surface area contributed by atoms with Crippen molar-refractivity contribution in [1.82, 2.24) is 9.78 Å². The van der Waals surface area contributed by atoms with Crippen LogP contribution in [-0.2, 0) is 17.5 Å². The predicted octanol–water partition coefficient (Wildman–Crippen LogP) is 4.21. The highest BCUT2D eigenvalue weighted by Gasteiger charge is 2.38. The Morgan fingerprint density at radius 1 is 1.36 bits per heavy atom. The van der Waals surface area contributed by atoms with Crippen LogP contribution in [0.5, 0.6) is 5.75 Å². The molecule has 1 amide bonds. The van der Waals surface area contributed by atoms with E-state index in [9.17, 15) is 26.7 Å². The second-order valence-electron chi connectivity index (χ2n) is 4.83. The SMILES string of the molecule is Cc1c(Br)c(C(F)(F)F)nn1CC(=O)Nc1ccccc1OC(F)F. The van der Waals surface area contributed by atoms with E-state index in [2.05, 4.69) is 31.1 Å². The first-order valence-corrected chi connectivity index (χ1v) is 7.52. The van der Waals surface area contributed by atoms with Gasteiger partial charge in [-0.15, -0.1) is 0 Å². The lowest BCUT2D eigenvalue weighted by Crippen LogP contribution is -2.21.